The number of thioether (sulfide) groups is 1. The van der Waals surface area contributed by atoms with Crippen molar-refractivity contribution >= 4 is 63.2 Å². The summed E-state index contributed by atoms with van der Waals surface area (Å²) >= 11 is 0.924. The number of nitrogens with zero attached hydrogens (tertiary/aromatic N) is 7. The lowest BCUT2D eigenvalue weighted by Gasteiger charge is -2.26. The summed E-state index contributed by atoms with van der Waals surface area (Å²) in [5.41, 5.74) is 15.3. The highest BCUT2D eigenvalue weighted by molar-refractivity contribution is 7.99. The lowest BCUT2D eigenvalue weighted by atomic mass is 10.1. The van der Waals surface area contributed by atoms with Gasteiger partial charge in [0.2, 0.25) is 0 Å². The molecule has 5 atom stereocenters. The molecule has 0 bridgehead atoms. The number of anilines is 1. The predicted octanol–water partition coefficient (Wildman–Crippen LogP) is 3.02. The number of Topliss-reactive ketones (excluding diaryl/α,β-unsaturated/α-hetero) is 1. The van der Waals surface area contributed by atoms with Crippen molar-refractivity contribution in [2.45, 2.75) is 35.4 Å². The lowest BCUT2D eigenvalue weighted by Crippen LogP contribution is -2.28. The maximum absolute atomic E-state index is 14.3. The third kappa shape index (κ3) is 7.75. The Morgan fingerprint density at radius 1 is 1.20 bits per heavy atom. The second kappa shape index (κ2) is 13.1. The molecule has 26 heteroatoms. The number of hydrogen-bond acceptors (Lipinski definition) is 14. The molecule has 3 aromatic rings. The number of ether oxygens (including phenoxy) is 1. The van der Waals surface area contributed by atoms with Crippen molar-refractivity contribution < 1.29 is 65.5 Å². The molecule has 0 aliphatic carbocycles. The number of aromatic nitrogens is 4. The van der Waals surface area contributed by atoms with Gasteiger partial charge < -0.3 is 39.7 Å². The highest BCUT2D eigenvalue weighted by atomic mass is 32.2. The zero-order valence-electron chi connectivity index (χ0n) is 22.0. The fourth-order valence-corrected chi connectivity index (χ4v) is 8.38. The molecular formula is C19H21F2N8O12P3S. The molecule has 1 saturated heterocycles. The average molecular weight is 716 g/mol. The Hall–Kier alpha value is -2.87. The molecule has 0 amide bonds. The molecule has 244 valence electrons. The van der Waals surface area contributed by atoms with Crippen LogP contribution >= 0.6 is 34.8 Å². The van der Waals surface area contributed by atoms with Gasteiger partial charge in [-0.1, -0.05) is 41.1 Å². The van der Waals surface area contributed by atoms with Crippen LogP contribution in [-0.4, -0.2) is 80.0 Å². The van der Waals surface area contributed by atoms with Crippen molar-refractivity contribution in [3.05, 3.63) is 46.6 Å². The van der Waals surface area contributed by atoms with E-state index in [-0.39, 0.29) is 40.1 Å². The van der Waals surface area contributed by atoms with Crippen molar-refractivity contribution in [3.8, 4) is 0 Å². The number of halogens is 2. The van der Waals surface area contributed by atoms with Crippen molar-refractivity contribution in [3.63, 3.8) is 0 Å². The van der Waals surface area contributed by atoms with E-state index in [4.69, 9.17) is 25.8 Å². The quantitative estimate of drug-likeness (QED) is 0.0281. The number of alkyl halides is 2. The number of ketones is 1. The van der Waals surface area contributed by atoms with Gasteiger partial charge in [-0.15, -0.1) is 0 Å². The average Bonchev–Trinajstić information content (AvgIpc) is 3.53. The summed E-state index contributed by atoms with van der Waals surface area (Å²) in [5.74, 6) is -0.518. The number of carbonyl (C=O) groups is 1. The van der Waals surface area contributed by atoms with E-state index in [0.29, 0.717) is 11.3 Å². The molecule has 3 heterocycles. The summed E-state index contributed by atoms with van der Waals surface area (Å²) in [5, 5.41) is 8.20. The van der Waals surface area contributed by atoms with Crippen molar-refractivity contribution in [2.24, 2.45) is 5.11 Å². The smallest absolute Gasteiger partial charge is 0.390 e. The molecule has 1 aliphatic heterocycles. The van der Waals surface area contributed by atoms with Crippen LogP contribution in [0.5, 0.6) is 0 Å². The number of aliphatic hydroxyl groups is 1. The molecule has 0 saturated carbocycles. The number of phosphoric acid groups is 1. The zero-order valence-corrected chi connectivity index (χ0v) is 25.5. The first-order chi connectivity index (χ1) is 20.8. The Kier molecular flexibility index (Phi) is 10.2. The van der Waals surface area contributed by atoms with Crippen LogP contribution in [0, 0.1) is 0 Å². The first-order valence-corrected chi connectivity index (χ1v) is 17.6. The van der Waals surface area contributed by atoms with Crippen LogP contribution in [-0.2, 0) is 27.3 Å². The van der Waals surface area contributed by atoms with E-state index in [1.807, 2.05) is 0 Å². The number of carbonyl (C=O) groups excluding carboxylic acids is 1. The summed E-state index contributed by atoms with van der Waals surface area (Å²) in [4.78, 5) is 63.8. The molecule has 45 heavy (non-hydrogen) atoms. The number of nitrogen functional groups attached to an aromatic ring is 1. The molecule has 2 aromatic heterocycles. The molecule has 1 fully saturated rings. The lowest BCUT2D eigenvalue weighted by molar-refractivity contribution is -0.0430. The fourth-order valence-electron chi connectivity index (χ4n) is 3.81. The number of nitrogens with two attached hydrogens (primary N) is 1. The van der Waals surface area contributed by atoms with Gasteiger partial charge in [-0.25, -0.2) is 23.8 Å². The molecule has 0 spiro atoms. The van der Waals surface area contributed by atoms with Gasteiger partial charge in [0.15, 0.2) is 22.4 Å². The minimum Gasteiger partial charge on any atom is -0.390 e. The van der Waals surface area contributed by atoms with Crippen LogP contribution in [0.25, 0.3) is 21.6 Å². The maximum atomic E-state index is 14.3. The third-order valence-corrected chi connectivity index (χ3v) is 11.9. The predicted molar refractivity (Wildman–Crippen MR) is 148 cm³/mol. The van der Waals surface area contributed by atoms with E-state index < -0.39 is 53.5 Å². The summed E-state index contributed by atoms with van der Waals surface area (Å²) in [6, 6.07) is 5.86. The Labute approximate surface area is 253 Å². The highest BCUT2D eigenvalue weighted by Crippen LogP contribution is 2.78. The Morgan fingerprint density at radius 3 is 2.49 bits per heavy atom. The number of fused-ring (bicyclic) bond motifs is 1. The van der Waals surface area contributed by atoms with Gasteiger partial charge in [0.25, 0.3) is 0 Å². The molecule has 4 rings (SSSR count). The molecular weight excluding hydrogens is 695 g/mol. The van der Waals surface area contributed by atoms with Crippen LogP contribution in [0.2, 0.25) is 0 Å². The molecule has 20 nitrogen and oxygen atoms in total. The largest absolute Gasteiger partial charge is 0.477 e. The second-order valence-corrected chi connectivity index (χ2v) is 15.4. The van der Waals surface area contributed by atoms with Gasteiger partial charge in [-0.05, 0) is 5.53 Å². The van der Waals surface area contributed by atoms with Gasteiger partial charge in [0, 0.05) is 22.6 Å². The second-order valence-electron chi connectivity index (χ2n) is 9.01. The van der Waals surface area contributed by atoms with Gasteiger partial charge in [0.1, 0.15) is 17.8 Å². The maximum Gasteiger partial charge on any atom is 0.477 e. The minimum absolute atomic E-state index is 0.0497. The highest BCUT2D eigenvalue weighted by Gasteiger charge is 2.68. The molecule has 2 unspecified atom stereocenters. The zero-order chi connectivity index (χ0) is 33.4. The molecule has 1 aromatic carbocycles. The van der Waals surface area contributed by atoms with Crippen molar-refractivity contribution in [2.75, 3.05) is 18.1 Å². The number of aliphatic hydroxyl groups excluding tert-OH is 1. The van der Waals surface area contributed by atoms with E-state index in [0.717, 1.165) is 11.8 Å². The van der Waals surface area contributed by atoms with E-state index in [2.05, 4.69) is 33.8 Å². The normalized spacial score (nSPS) is 21.6. The summed E-state index contributed by atoms with van der Waals surface area (Å²) < 4.78 is 77.3. The summed E-state index contributed by atoms with van der Waals surface area (Å²) in [6.45, 7) is -1.24. The Balaban J connectivity index is 1.45. The monoisotopic (exact) mass is 716 g/mol. The third-order valence-electron chi connectivity index (χ3n) is 5.93. The summed E-state index contributed by atoms with van der Waals surface area (Å²) in [6.07, 6.45) is -3.26. The standard InChI is InChI=1S/C19H21F2N8O12P3S/c20-19(21,43(34,35)41-44(36,37)38)42(32,33)39-6-13-11(30)5-14(40-13)29-8-24-15-16(22)25-18(26-17(15)29)45-7-12(31)9-1-3-10(4-2-9)27-28-23/h1-4,8,11,13-14,30H,5-7H2,(H,32,33)(H,34,35)(H2,22,25,26)(H2,36,37,38)/t11-,13-,14-/m1/s1. The number of benzene rings is 1. The number of hydrogen-bond donors (Lipinski definition) is 6. The molecule has 0 radical (unpaired) electrons. The van der Waals surface area contributed by atoms with E-state index in [9.17, 15) is 42.2 Å². The van der Waals surface area contributed by atoms with Crippen LogP contribution in [0.4, 0.5) is 20.3 Å². The van der Waals surface area contributed by atoms with Crippen molar-refractivity contribution in [1.82, 2.24) is 19.5 Å². The van der Waals surface area contributed by atoms with Gasteiger partial charge in [-0.2, -0.15) is 8.78 Å². The summed E-state index contributed by atoms with van der Waals surface area (Å²) in [7, 11) is -19.2. The SMILES string of the molecule is [N-]=[N+]=Nc1ccc(C(=O)CSc2nc(N)c3ncn([C@H]4C[C@@H](O)[C@@H](COP(=O)(O)C(F)(F)P(=O)(O)OP(=O)(O)O)O4)c3n2)cc1. The first kappa shape index (κ1) is 35.0. The number of imidazole rings is 1. The van der Waals surface area contributed by atoms with Crippen LogP contribution in [0.15, 0.2) is 40.9 Å². The number of azide groups is 1. The van der Waals surface area contributed by atoms with Gasteiger partial charge in [0.05, 0.1) is 24.8 Å². The van der Waals surface area contributed by atoms with Crippen LogP contribution in [0.1, 0.15) is 23.0 Å². The van der Waals surface area contributed by atoms with Gasteiger partial charge >= 0.3 is 28.4 Å². The Bertz CT molecular complexity index is 1800. The minimum atomic E-state index is -6.75. The van der Waals surface area contributed by atoms with Crippen molar-refractivity contribution in [1.29, 1.82) is 0 Å². The number of rotatable bonds is 13. The van der Waals surface area contributed by atoms with Gasteiger partial charge in [-0.3, -0.25) is 18.5 Å². The fraction of sp³-hybridized carbons (Fsp3) is 0.368. The molecule has 1 aliphatic rings. The molecule has 7 N–H and O–H groups in total. The van der Waals surface area contributed by atoms with E-state index in [1.54, 1.807) is 0 Å². The Morgan fingerprint density at radius 2 is 1.87 bits per heavy atom. The van der Waals surface area contributed by atoms with Crippen LogP contribution in [0.3, 0.4) is 0 Å². The van der Waals surface area contributed by atoms with E-state index >= 15 is 0 Å². The van der Waals surface area contributed by atoms with E-state index in [1.165, 1.54) is 35.2 Å². The topological polar surface area (TPSA) is 315 Å². The van der Waals surface area contributed by atoms with Crippen LogP contribution < -0.4 is 5.73 Å². The first-order valence-electron chi connectivity index (χ1n) is 11.9.